The number of carbonyl (C=O) groups is 1. The Hall–Kier alpha value is -3.06. The van der Waals surface area contributed by atoms with Gasteiger partial charge in [-0.3, -0.25) is 4.79 Å². The van der Waals surface area contributed by atoms with Crippen LogP contribution in [0.15, 0.2) is 53.1 Å². The van der Waals surface area contributed by atoms with Gasteiger partial charge in [-0.2, -0.15) is 4.98 Å². The number of amides is 1. The Labute approximate surface area is 160 Å². The summed E-state index contributed by atoms with van der Waals surface area (Å²) in [7, 11) is 0. The fourth-order valence-corrected chi connectivity index (χ4v) is 3.56. The molecular weight excluding hydrogens is 360 g/mol. The van der Waals surface area contributed by atoms with Crippen LogP contribution in [0.2, 0.25) is 0 Å². The predicted molar refractivity (Wildman–Crippen MR) is 104 cm³/mol. The van der Waals surface area contributed by atoms with Crippen molar-refractivity contribution >= 4 is 27.5 Å². The molecule has 2 aromatic carbocycles. The number of hydrogen-bond acceptors (Lipinski definition) is 6. The summed E-state index contributed by atoms with van der Waals surface area (Å²) in [5.74, 6) is 0.935. The van der Waals surface area contributed by atoms with Crippen LogP contribution in [0.5, 0.6) is 0 Å². The van der Waals surface area contributed by atoms with E-state index in [0.29, 0.717) is 31.1 Å². The minimum Gasteiger partial charge on any atom is -0.350 e. The van der Waals surface area contributed by atoms with E-state index >= 15 is 0 Å². The molecular formula is C20H18N4O2S. The van der Waals surface area contributed by atoms with Crippen LogP contribution in [0.4, 0.5) is 0 Å². The lowest BCUT2D eigenvalue weighted by Crippen LogP contribution is -2.22. The molecule has 0 bridgehead atoms. The van der Waals surface area contributed by atoms with Crippen LogP contribution >= 0.6 is 11.3 Å². The van der Waals surface area contributed by atoms with E-state index in [1.54, 1.807) is 11.3 Å². The summed E-state index contributed by atoms with van der Waals surface area (Å²) in [5.41, 5.74) is 3.03. The van der Waals surface area contributed by atoms with Crippen LogP contribution in [0.1, 0.15) is 22.9 Å². The second kappa shape index (κ2) is 7.67. The third-order valence-electron chi connectivity index (χ3n) is 4.12. The van der Waals surface area contributed by atoms with E-state index in [1.807, 2.05) is 55.5 Å². The van der Waals surface area contributed by atoms with Gasteiger partial charge in [-0.15, -0.1) is 11.3 Å². The Kier molecular flexibility index (Phi) is 4.93. The molecule has 0 saturated carbocycles. The summed E-state index contributed by atoms with van der Waals surface area (Å²) in [5, 5.41) is 7.77. The molecule has 0 aliphatic carbocycles. The molecule has 0 radical (unpaired) electrons. The van der Waals surface area contributed by atoms with Crippen molar-refractivity contribution in [1.29, 1.82) is 0 Å². The van der Waals surface area contributed by atoms with Crippen molar-refractivity contribution in [2.75, 3.05) is 0 Å². The molecule has 0 unspecified atom stereocenters. The van der Waals surface area contributed by atoms with Crippen molar-refractivity contribution in [3.05, 3.63) is 65.0 Å². The highest BCUT2D eigenvalue weighted by atomic mass is 32.1. The fourth-order valence-electron chi connectivity index (χ4n) is 2.65. The molecule has 0 fully saturated rings. The maximum Gasteiger partial charge on any atom is 0.227 e. The SMILES string of the molecule is Cc1ccc(-c2noc(CCC(=O)NCc3nc4ccccc4s3)n2)cc1. The molecule has 0 aliphatic heterocycles. The van der Waals surface area contributed by atoms with Crippen LogP contribution in [-0.2, 0) is 17.8 Å². The van der Waals surface area contributed by atoms with Gasteiger partial charge in [-0.1, -0.05) is 47.1 Å². The van der Waals surface area contributed by atoms with E-state index in [2.05, 4.69) is 20.4 Å². The number of aryl methyl sites for hydroxylation is 2. The van der Waals surface area contributed by atoms with E-state index in [1.165, 1.54) is 5.56 Å². The van der Waals surface area contributed by atoms with E-state index in [0.717, 1.165) is 20.8 Å². The van der Waals surface area contributed by atoms with Gasteiger partial charge in [-0.25, -0.2) is 4.98 Å². The first kappa shape index (κ1) is 17.4. The Morgan fingerprint density at radius 1 is 1.11 bits per heavy atom. The molecule has 0 aliphatic rings. The highest BCUT2D eigenvalue weighted by Crippen LogP contribution is 2.21. The zero-order valence-corrected chi connectivity index (χ0v) is 15.6. The number of nitrogens with zero attached hydrogens (tertiary/aromatic N) is 3. The molecule has 136 valence electrons. The van der Waals surface area contributed by atoms with Gasteiger partial charge < -0.3 is 9.84 Å². The van der Waals surface area contributed by atoms with Crippen LogP contribution in [-0.4, -0.2) is 21.0 Å². The van der Waals surface area contributed by atoms with Gasteiger partial charge in [0.1, 0.15) is 5.01 Å². The van der Waals surface area contributed by atoms with E-state index in [9.17, 15) is 4.79 Å². The number of aromatic nitrogens is 3. The van der Waals surface area contributed by atoms with Crippen LogP contribution in [0, 0.1) is 6.92 Å². The second-order valence-corrected chi connectivity index (χ2v) is 7.35. The van der Waals surface area contributed by atoms with Crippen molar-refractivity contribution in [3.8, 4) is 11.4 Å². The molecule has 7 heteroatoms. The van der Waals surface area contributed by atoms with Crippen LogP contribution in [0.3, 0.4) is 0 Å². The van der Waals surface area contributed by atoms with Crippen LogP contribution < -0.4 is 5.32 Å². The average Bonchev–Trinajstić information content (AvgIpc) is 3.32. The molecule has 4 aromatic rings. The normalized spacial score (nSPS) is 11.0. The second-order valence-electron chi connectivity index (χ2n) is 6.23. The van der Waals surface area contributed by atoms with E-state index in [-0.39, 0.29) is 5.91 Å². The number of fused-ring (bicyclic) bond motifs is 1. The van der Waals surface area contributed by atoms with Crippen molar-refractivity contribution in [2.24, 2.45) is 0 Å². The highest BCUT2D eigenvalue weighted by Gasteiger charge is 2.11. The predicted octanol–water partition coefficient (Wildman–Crippen LogP) is 3.90. The van der Waals surface area contributed by atoms with Gasteiger partial charge in [0.25, 0.3) is 0 Å². The van der Waals surface area contributed by atoms with Crippen molar-refractivity contribution < 1.29 is 9.32 Å². The minimum atomic E-state index is -0.0654. The molecule has 6 nitrogen and oxygen atoms in total. The summed E-state index contributed by atoms with van der Waals surface area (Å²) in [6.45, 7) is 2.45. The lowest BCUT2D eigenvalue weighted by atomic mass is 10.1. The summed E-state index contributed by atoms with van der Waals surface area (Å²) >= 11 is 1.59. The molecule has 27 heavy (non-hydrogen) atoms. The van der Waals surface area contributed by atoms with Crippen molar-refractivity contribution in [1.82, 2.24) is 20.4 Å². The Morgan fingerprint density at radius 3 is 2.74 bits per heavy atom. The zero-order valence-electron chi connectivity index (χ0n) is 14.8. The van der Waals surface area contributed by atoms with Crippen LogP contribution in [0.25, 0.3) is 21.6 Å². The topological polar surface area (TPSA) is 80.9 Å². The van der Waals surface area contributed by atoms with Gasteiger partial charge >= 0.3 is 0 Å². The number of para-hydroxylation sites is 1. The third kappa shape index (κ3) is 4.20. The van der Waals surface area contributed by atoms with Crippen molar-refractivity contribution in [3.63, 3.8) is 0 Å². The number of carbonyl (C=O) groups excluding carboxylic acids is 1. The molecule has 1 amide bonds. The molecule has 0 spiro atoms. The largest absolute Gasteiger partial charge is 0.350 e. The molecule has 1 N–H and O–H groups in total. The number of thiazole rings is 1. The van der Waals surface area contributed by atoms with Gasteiger partial charge in [0.15, 0.2) is 0 Å². The molecule has 0 saturated heterocycles. The smallest absolute Gasteiger partial charge is 0.227 e. The molecule has 4 rings (SSSR count). The summed E-state index contributed by atoms with van der Waals surface area (Å²) in [6, 6.07) is 15.8. The number of rotatable bonds is 6. The summed E-state index contributed by atoms with van der Waals surface area (Å²) < 4.78 is 6.37. The number of hydrogen-bond donors (Lipinski definition) is 1. The zero-order chi connectivity index (χ0) is 18.6. The van der Waals surface area contributed by atoms with Crippen molar-refractivity contribution in [2.45, 2.75) is 26.3 Å². The lowest BCUT2D eigenvalue weighted by molar-refractivity contribution is -0.121. The Bertz CT molecular complexity index is 1040. The maximum atomic E-state index is 12.1. The lowest BCUT2D eigenvalue weighted by Gasteiger charge is -2.00. The minimum absolute atomic E-state index is 0.0654. The van der Waals surface area contributed by atoms with E-state index in [4.69, 9.17) is 4.52 Å². The monoisotopic (exact) mass is 378 g/mol. The first-order valence-electron chi connectivity index (χ1n) is 8.68. The van der Waals surface area contributed by atoms with Gasteiger partial charge in [0, 0.05) is 18.4 Å². The summed E-state index contributed by atoms with van der Waals surface area (Å²) in [4.78, 5) is 21.0. The Balaban J connectivity index is 1.29. The maximum absolute atomic E-state index is 12.1. The number of benzene rings is 2. The Morgan fingerprint density at radius 2 is 1.93 bits per heavy atom. The summed E-state index contributed by atoms with van der Waals surface area (Å²) in [6.07, 6.45) is 0.699. The average molecular weight is 378 g/mol. The first-order valence-corrected chi connectivity index (χ1v) is 9.50. The van der Waals surface area contributed by atoms with Gasteiger partial charge in [-0.05, 0) is 19.1 Å². The van der Waals surface area contributed by atoms with Gasteiger partial charge in [0.2, 0.25) is 17.6 Å². The molecule has 2 aromatic heterocycles. The highest BCUT2D eigenvalue weighted by molar-refractivity contribution is 7.18. The first-order chi connectivity index (χ1) is 13.2. The van der Waals surface area contributed by atoms with Gasteiger partial charge in [0.05, 0.1) is 16.8 Å². The standard InChI is InChI=1S/C20H18N4O2S/c1-13-6-8-14(9-7-13)20-23-18(26-24-20)11-10-17(25)21-12-19-22-15-4-2-3-5-16(15)27-19/h2-9H,10-12H2,1H3,(H,21,25). The quantitative estimate of drug-likeness (QED) is 0.550. The molecule has 2 heterocycles. The third-order valence-corrected chi connectivity index (χ3v) is 5.16. The molecule has 0 atom stereocenters. The van der Waals surface area contributed by atoms with E-state index < -0.39 is 0 Å². The number of nitrogens with one attached hydrogen (secondary N) is 1. The fraction of sp³-hybridized carbons (Fsp3) is 0.200.